The highest BCUT2D eigenvalue weighted by molar-refractivity contribution is 7.92. The van der Waals surface area contributed by atoms with E-state index in [4.69, 9.17) is 4.74 Å². The van der Waals surface area contributed by atoms with Crippen molar-refractivity contribution in [1.82, 2.24) is 9.78 Å². The van der Waals surface area contributed by atoms with Gasteiger partial charge in [0.15, 0.2) is 0 Å². The quantitative estimate of drug-likeness (QED) is 0.480. The predicted octanol–water partition coefficient (Wildman–Crippen LogP) is 4.59. The van der Waals surface area contributed by atoms with Crippen molar-refractivity contribution < 1.29 is 13.2 Å². The summed E-state index contributed by atoms with van der Waals surface area (Å²) in [5.41, 5.74) is 2.67. The molecule has 0 saturated heterocycles. The SMILES string of the molecule is CCC(C)(C)c1ccc(S(=O)(=O)Nc2cnn(CCOCc3ccccc3)c2)cc1. The monoisotopic (exact) mass is 427 g/mol. The average molecular weight is 428 g/mol. The van der Waals surface area contributed by atoms with E-state index in [-0.39, 0.29) is 10.3 Å². The lowest BCUT2D eigenvalue weighted by atomic mass is 9.82. The topological polar surface area (TPSA) is 73.2 Å². The van der Waals surface area contributed by atoms with E-state index < -0.39 is 10.0 Å². The zero-order valence-electron chi connectivity index (χ0n) is 17.7. The van der Waals surface area contributed by atoms with Gasteiger partial charge >= 0.3 is 0 Å². The molecule has 30 heavy (non-hydrogen) atoms. The van der Waals surface area contributed by atoms with Crippen molar-refractivity contribution in [3.63, 3.8) is 0 Å². The van der Waals surface area contributed by atoms with Crippen LogP contribution in [0.4, 0.5) is 5.69 Å². The lowest BCUT2D eigenvalue weighted by Crippen LogP contribution is -2.16. The Balaban J connectivity index is 1.55. The number of hydrogen-bond acceptors (Lipinski definition) is 4. The molecule has 3 aromatic rings. The van der Waals surface area contributed by atoms with E-state index >= 15 is 0 Å². The zero-order chi connectivity index (χ0) is 21.6. The summed E-state index contributed by atoms with van der Waals surface area (Å²) in [7, 11) is -3.66. The minimum atomic E-state index is -3.66. The van der Waals surface area contributed by atoms with Gasteiger partial charge in [-0.1, -0.05) is 63.2 Å². The first-order valence-corrected chi connectivity index (χ1v) is 11.6. The molecule has 0 aliphatic heterocycles. The molecule has 1 N–H and O–H groups in total. The van der Waals surface area contributed by atoms with Crippen LogP contribution >= 0.6 is 0 Å². The van der Waals surface area contributed by atoms with Crippen molar-refractivity contribution in [3.8, 4) is 0 Å². The van der Waals surface area contributed by atoms with Crippen LogP contribution < -0.4 is 4.72 Å². The molecule has 0 atom stereocenters. The molecule has 1 heterocycles. The minimum Gasteiger partial charge on any atom is -0.375 e. The molecular weight excluding hydrogens is 398 g/mol. The first kappa shape index (κ1) is 22.1. The molecular formula is C23H29N3O3S. The van der Waals surface area contributed by atoms with Crippen LogP contribution in [0.3, 0.4) is 0 Å². The van der Waals surface area contributed by atoms with Gasteiger partial charge in [0.2, 0.25) is 0 Å². The second kappa shape index (κ2) is 9.45. The van der Waals surface area contributed by atoms with E-state index in [9.17, 15) is 8.42 Å². The van der Waals surface area contributed by atoms with E-state index in [1.54, 1.807) is 23.0 Å². The number of nitrogens with one attached hydrogen (secondary N) is 1. The maximum Gasteiger partial charge on any atom is 0.261 e. The van der Waals surface area contributed by atoms with Crippen LogP contribution in [0, 0.1) is 0 Å². The first-order valence-electron chi connectivity index (χ1n) is 10.1. The number of benzene rings is 2. The van der Waals surface area contributed by atoms with Gasteiger partial charge in [0.1, 0.15) is 0 Å². The van der Waals surface area contributed by atoms with Crippen LogP contribution in [0.15, 0.2) is 71.9 Å². The fraction of sp³-hybridized carbons (Fsp3) is 0.348. The molecule has 0 radical (unpaired) electrons. The molecule has 0 saturated carbocycles. The highest BCUT2D eigenvalue weighted by atomic mass is 32.2. The van der Waals surface area contributed by atoms with E-state index in [0.717, 1.165) is 17.5 Å². The molecule has 160 valence electrons. The van der Waals surface area contributed by atoms with Crippen LogP contribution in [0.1, 0.15) is 38.3 Å². The van der Waals surface area contributed by atoms with Gasteiger partial charge in [-0.2, -0.15) is 5.10 Å². The summed E-state index contributed by atoms with van der Waals surface area (Å²) >= 11 is 0. The fourth-order valence-corrected chi connectivity index (χ4v) is 3.99. The standard InChI is InChI=1S/C23H29N3O3S/c1-4-23(2,3)20-10-12-22(13-11-20)30(27,28)25-21-16-24-26(17-21)14-15-29-18-19-8-6-5-7-9-19/h5-13,16-17,25H,4,14-15,18H2,1-3H3. The molecule has 0 fully saturated rings. The van der Waals surface area contributed by atoms with Gasteiger partial charge < -0.3 is 4.74 Å². The average Bonchev–Trinajstić information content (AvgIpc) is 3.18. The third-order valence-electron chi connectivity index (χ3n) is 5.29. The summed E-state index contributed by atoms with van der Waals surface area (Å²) < 4.78 is 35.3. The number of rotatable bonds is 10. The molecule has 0 spiro atoms. The molecule has 3 rings (SSSR count). The Hall–Kier alpha value is -2.64. The molecule has 7 heteroatoms. The van der Waals surface area contributed by atoms with E-state index in [0.29, 0.717) is 25.4 Å². The van der Waals surface area contributed by atoms with Gasteiger partial charge in [-0.25, -0.2) is 8.42 Å². The Kier molecular flexibility index (Phi) is 6.95. The van der Waals surface area contributed by atoms with Crippen LogP contribution in [-0.2, 0) is 33.3 Å². The smallest absolute Gasteiger partial charge is 0.261 e. The third kappa shape index (κ3) is 5.70. The molecule has 2 aromatic carbocycles. The lowest BCUT2D eigenvalue weighted by molar-refractivity contribution is 0.111. The Labute approximate surface area is 178 Å². The summed E-state index contributed by atoms with van der Waals surface area (Å²) in [5.74, 6) is 0. The number of ether oxygens (including phenoxy) is 1. The van der Waals surface area contributed by atoms with E-state index in [1.165, 1.54) is 6.20 Å². The maximum absolute atomic E-state index is 12.7. The van der Waals surface area contributed by atoms with Crippen molar-refractivity contribution in [1.29, 1.82) is 0 Å². The molecule has 1 aromatic heterocycles. The van der Waals surface area contributed by atoms with Crippen LogP contribution in [0.2, 0.25) is 0 Å². The number of nitrogens with zero attached hydrogens (tertiary/aromatic N) is 2. The summed E-state index contributed by atoms with van der Waals surface area (Å²) in [5, 5.41) is 4.21. The van der Waals surface area contributed by atoms with E-state index in [2.05, 4.69) is 30.6 Å². The molecule has 0 unspecified atom stereocenters. The van der Waals surface area contributed by atoms with Gasteiger partial charge in [-0.05, 0) is 35.1 Å². The number of aromatic nitrogens is 2. The second-order valence-corrected chi connectivity index (χ2v) is 9.58. The van der Waals surface area contributed by atoms with Crippen molar-refractivity contribution in [2.24, 2.45) is 0 Å². The molecule has 0 amide bonds. The van der Waals surface area contributed by atoms with Gasteiger partial charge in [0, 0.05) is 6.20 Å². The highest BCUT2D eigenvalue weighted by Crippen LogP contribution is 2.27. The van der Waals surface area contributed by atoms with Gasteiger partial charge in [-0.3, -0.25) is 9.40 Å². The Morgan fingerprint density at radius 1 is 1.07 bits per heavy atom. The summed E-state index contributed by atoms with van der Waals surface area (Å²) in [6, 6.07) is 17.0. The summed E-state index contributed by atoms with van der Waals surface area (Å²) in [4.78, 5) is 0.233. The third-order valence-corrected chi connectivity index (χ3v) is 6.69. The Morgan fingerprint density at radius 3 is 2.43 bits per heavy atom. The predicted molar refractivity (Wildman–Crippen MR) is 119 cm³/mol. The largest absolute Gasteiger partial charge is 0.375 e. The lowest BCUT2D eigenvalue weighted by Gasteiger charge is -2.23. The number of anilines is 1. The molecule has 6 nitrogen and oxygen atoms in total. The van der Waals surface area contributed by atoms with Crippen molar-refractivity contribution >= 4 is 15.7 Å². The van der Waals surface area contributed by atoms with Gasteiger partial charge in [0.25, 0.3) is 10.0 Å². The van der Waals surface area contributed by atoms with Crippen molar-refractivity contribution in [2.75, 3.05) is 11.3 Å². The van der Waals surface area contributed by atoms with Crippen molar-refractivity contribution in [2.45, 2.75) is 50.7 Å². The van der Waals surface area contributed by atoms with Gasteiger partial charge in [0.05, 0.1) is 36.5 Å². The second-order valence-electron chi connectivity index (χ2n) is 7.90. The Morgan fingerprint density at radius 2 is 1.77 bits per heavy atom. The van der Waals surface area contributed by atoms with Crippen molar-refractivity contribution in [3.05, 3.63) is 78.1 Å². The minimum absolute atomic E-state index is 0.0133. The fourth-order valence-electron chi connectivity index (χ4n) is 2.96. The summed E-state index contributed by atoms with van der Waals surface area (Å²) in [6.07, 6.45) is 4.15. The molecule has 0 aliphatic carbocycles. The normalized spacial score (nSPS) is 12.1. The van der Waals surface area contributed by atoms with E-state index in [1.807, 2.05) is 42.5 Å². The van der Waals surface area contributed by atoms with Crippen LogP contribution in [0.25, 0.3) is 0 Å². The molecule has 0 aliphatic rings. The van der Waals surface area contributed by atoms with Crippen LogP contribution in [-0.4, -0.2) is 24.8 Å². The Bertz CT molecular complexity index is 1040. The number of sulfonamides is 1. The van der Waals surface area contributed by atoms with Gasteiger partial charge in [-0.15, -0.1) is 0 Å². The highest BCUT2D eigenvalue weighted by Gasteiger charge is 2.20. The first-order chi connectivity index (χ1) is 14.3. The van der Waals surface area contributed by atoms with Crippen LogP contribution in [0.5, 0.6) is 0 Å². The molecule has 0 bridgehead atoms. The number of hydrogen-bond donors (Lipinski definition) is 1. The zero-order valence-corrected chi connectivity index (χ0v) is 18.5. The maximum atomic E-state index is 12.7. The summed E-state index contributed by atoms with van der Waals surface area (Å²) in [6.45, 7) is 7.97.